The number of carbonyl (C=O) groups is 1. The molecular formula is C13H16O3. The van der Waals surface area contributed by atoms with E-state index in [2.05, 4.69) is 6.58 Å². The predicted octanol–water partition coefficient (Wildman–Crippen LogP) is 2.09. The summed E-state index contributed by atoms with van der Waals surface area (Å²) in [6, 6.07) is 9.06. The zero-order valence-corrected chi connectivity index (χ0v) is 9.30. The monoisotopic (exact) mass is 220 g/mol. The van der Waals surface area contributed by atoms with Crippen LogP contribution in [0.2, 0.25) is 0 Å². The largest absolute Gasteiger partial charge is 0.461 e. The maximum absolute atomic E-state index is 11.5. The van der Waals surface area contributed by atoms with Gasteiger partial charge in [0, 0.05) is 0 Å². The first kappa shape index (κ1) is 12.5. The summed E-state index contributed by atoms with van der Waals surface area (Å²) in [5.74, 6) is -1.00. The maximum Gasteiger partial charge on any atom is 0.311 e. The molecule has 3 nitrogen and oxygen atoms in total. The van der Waals surface area contributed by atoms with Crippen LogP contribution in [-0.4, -0.2) is 17.7 Å². The first-order valence-corrected chi connectivity index (χ1v) is 5.17. The summed E-state index contributed by atoms with van der Waals surface area (Å²) in [7, 11) is 0. The molecule has 2 atom stereocenters. The van der Waals surface area contributed by atoms with Crippen LogP contribution in [-0.2, 0) is 9.53 Å². The van der Waals surface area contributed by atoms with E-state index < -0.39 is 18.0 Å². The van der Waals surface area contributed by atoms with E-state index in [1.165, 1.54) is 6.08 Å². The van der Waals surface area contributed by atoms with E-state index in [4.69, 9.17) is 4.74 Å². The number of ether oxygens (including phenoxy) is 1. The van der Waals surface area contributed by atoms with E-state index in [1.807, 2.05) is 18.2 Å². The predicted molar refractivity (Wildman–Crippen MR) is 61.7 cm³/mol. The highest BCUT2D eigenvalue weighted by Gasteiger charge is 2.24. The van der Waals surface area contributed by atoms with E-state index in [9.17, 15) is 9.90 Å². The van der Waals surface area contributed by atoms with Gasteiger partial charge in [0.25, 0.3) is 0 Å². The van der Waals surface area contributed by atoms with Crippen molar-refractivity contribution in [1.82, 2.24) is 0 Å². The topological polar surface area (TPSA) is 46.5 Å². The molecule has 0 aliphatic heterocycles. The van der Waals surface area contributed by atoms with E-state index in [0.29, 0.717) is 5.56 Å². The van der Waals surface area contributed by atoms with Crippen molar-refractivity contribution in [2.24, 2.45) is 5.92 Å². The molecule has 86 valence electrons. The molecule has 1 aromatic carbocycles. The first-order chi connectivity index (χ1) is 7.66. The van der Waals surface area contributed by atoms with Gasteiger partial charge in [0.1, 0.15) is 6.61 Å². The Morgan fingerprint density at radius 2 is 2.12 bits per heavy atom. The number of aliphatic hydroxyl groups is 1. The Morgan fingerprint density at radius 1 is 1.50 bits per heavy atom. The van der Waals surface area contributed by atoms with E-state index in [0.717, 1.165) is 0 Å². The van der Waals surface area contributed by atoms with Crippen molar-refractivity contribution < 1.29 is 14.6 Å². The van der Waals surface area contributed by atoms with E-state index in [1.54, 1.807) is 19.1 Å². The quantitative estimate of drug-likeness (QED) is 0.610. The van der Waals surface area contributed by atoms with Crippen molar-refractivity contribution in [1.29, 1.82) is 0 Å². The van der Waals surface area contributed by atoms with Gasteiger partial charge in [-0.05, 0) is 12.5 Å². The summed E-state index contributed by atoms with van der Waals surface area (Å²) >= 11 is 0. The minimum atomic E-state index is -0.835. The molecule has 0 saturated carbocycles. The fraction of sp³-hybridized carbons (Fsp3) is 0.308. The zero-order valence-electron chi connectivity index (χ0n) is 9.30. The third-order valence-corrected chi connectivity index (χ3v) is 2.33. The van der Waals surface area contributed by atoms with Crippen molar-refractivity contribution in [3.63, 3.8) is 0 Å². The summed E-state index contributed by atoms with van der Waals surface area (Å²) < 4.78 is 4.88. The van der Waals surface area contributed by atoms with Crippen molar-refractivity contribution in [3.05, 3.63) is 48.6 Å². The number of benzene rings is 1. The van der Waals surface area contributed by atoms with E-state index in [-0.39, 0.29) is 6.61 Å². The molecule has 0 heterocycles. The lowest BCUT2D eigenvalue weighted by atomic mass is 9.98. The lowest BCUT2D eigenvalue weighted by Crippen LogP contribution is -2.21. The molecule has 0 spiro atoms. The second-order valence-electron chi connectivity index (χ2n) is 3.56. The van der Waals surface area contributed by atoms with Crippen LogP contribution in [0.15, 0.2) is 43.0 Å². The second-order valence-corrected chi connectivity index (χ2v) is 3.56. The minimum Gasteiger partial charge on any atom is -0.461 e. The number of hydrogen-bond acceptors (Lipinski definition) is 3. The third-order valence-electron chi connectivity index (χ3n) is 2.33. The molecule has 0 aromatic heterocycles. The van der Waals surface area contributed by atoms with Gasteiger partial charge in [-0.25, -0.2) is 0 Å². The second kappa shape index (κ2) is 6.08. The van der Waals surface area contributed by atoms with Gasteiger partial charge in [0.2, 0.25) is 0 Å². The fourth-order valence-electron chi connectivity index (χ4n) is 1.34. The molecule has 0 radical (unpaired) electrons. The third kappa shape index (κ3) is 3.21. The Morgan fingerprint density at radius 3 is 2.69 bits per heavy atom. The number of aliphatic hydroxyl groups excluding tert-OH is 1. The van der Waals surface area contributed by atoms with Gasteiger partial charge < -0.3 is 9.84 Å². The highest BCUT2D eigenvalue weighted by atomic mass is 16.5. The van der Waals surface area contributed by atoms with Crippen molar-refractivity contribution in [2.45, 2.75) is 13.0 Å². The van der Waals surface area contributed by atoms with Gasteiger partial charge in [-0.3, -0.25) is 4.79 Å². The summed E-state index contributed by atoms with van der Waals surface area (Å²) in [6.45, 7) is 5.27. The maximum atomic E-state index is 11.5. The van der Waals surface area contributed by atoms with Crippen molar-refractivity contribution in [3.8, 4) is 0 Å². The number of rotatable bonds is 5. The highest BCUT2D eigenvalue weighted by Crippen LogP contribution is 2.22. The van der Waals surface area contributed by atoms with Gasteiger partial charge in [0.15, 0.2) is 0 Å². The van der Waals surface area contributed by atoms with Crippen LogP contribution >= 0.6 is 0 Å². The standard InChI is InChI=1S/C13H16O3/c1-3-9-16-13(15)10(2)12(14)11-7-5-4-6-8-11/h3-8,10,12,14H,1,9H2,2H3/t10-,12-/m1/s1. The average molecular weight is 220 g/mol. The number of carbonyl (C=O) groups excluding carboxylic acids is 1. The molecule has 0 bridgehead atoms. The van der Waals surface area contributed by atoms with E-state index >= 15 is 0 Å². The Bertz CT molecular complexity index is 345. The molecule has 0 saturated heterocycles. The first-order valence-electron chi connectivity index (χ1n) is 5.17. The lowest BCUT2D eigenvalue weighted by molar-refractivity contribution is -0.150. The minimum absolute atomic E-state index is 0.171. The Kier molecular flexibility index (Phi) is 4.73. The van der Waals surface area contributed by atoms with Crippen LogP contribution in [0, 0.1) is 5.92 Å². The molecule has 0 aliphatic rings. The van der Waals surface area contributed by atoms with Crippen LogP contribution < -0.4 is 0 Å². The lowest BCUT2D eigenvalue weighted by Gasteiger charge is -2.17. The normalized spacial score (nSPS) is 13.9. The molecule has 0 fully saturated rings. The molecule has 0 unspecified atom stereocenters. The number of esters is 1. The SMILES string of the molecule is C=CCOC(=O)[C@H](C)[C@@H](O)c1ccccc1. The molecule has 0 amide bonds. The molecule has 0 aliphatic carbocycles. The van der Waals surface area contributed by atoms with Gasteiger partial charge in [-0.2, -0.15) is 0 Å². The van der Waals surface area contributed by atoms with Gasteiger partial charge >= 0.3 is 5.97 Å². The van der Waals surface area contributed by atoms with Crippen LogP contribution in [0.5, 0.6) is 0 Å². The average Bonchev–Trinajstić information content (AvgIpc) is 2.35. The van der Waals surface area contributed by atoms with Crippen molar-refractivity contribution >= 4 is 5.97 Å². The van der Waals surface area contributed by atoms with Crippen LogP contribution in [0.1, 0.15) is 18.6 Å². The zero-order chi connectivity index (χ0) is 12.0. The van der Waals surface area contributed by atoms with Crippen molar-refractivity contribution in [2.75, 3.05) is 6.61 Å². The van der Waals surface area contributed by atoms with Gasteiger partial charge in [-0.15, -0.1) is 0 Å². The molecule has 1 N–H and O–H groups in total. The summed E-state index contributed by atoms with van der Waals surface area (Å²) in [5.41, 5.74) is 0.713. The smallest absolute Gasteiger partial charge is 0.311 e. The Labute approximate surface area is 95.4 Å². The fourth-order valence-corrected chi connectivity index (χ4v) is 1.34. The van der Waals surface area contributed by atoms with Crippen LogP contribution in [0.25, 0.3) is 0 Å². The molecule has 1 aromatic rings. The van der Waals surface area contributed by atoms with Gasteiger partial charge in [-0.1, -0.05) is 43.0 Å². The summed E-state index contributed by atoms with van der Waals surface area (Å²) in [6.07, 6.45) is 0.665. The molecule has 16 heavy (non-hydrogen) atoms. The molecular weight excluding hydrogens is 204 g/mol. The molecule has 1 rings (SSSR count). The van der Waals surface area contributed by atoms with Crippen LogP contribution in [0.4, 0.5) is 0 Å². The summed E-state index contributed by atoms with van der Waals surface area (Å²) in [4.78, 5) is 11.5. The van der Waals surface area contributed by atoms with Crippen LogP contribution in [0.3, 0.4) is 0 Å². The highest BCUT2D eigenvalue weighted by molar-refractivity contribution is 5.73. The Balaban J connectivity index is 2.63. The Hall–Kier alpha value is -1.61. The summed E-state index contributed by atoms with van der Waals surface area (Å²) in [5, 5.41) is 9.93. The number of hydrogen-bond donors (Lipinski definition) is 1. The molecule has 3 heteroatoms. The van der Waals surface area contributed by atoms with Gasteiger partial charge in [0.05, 0.1) is 12.0 Å².